The van der Waals surface area contributed by atoms with Gasteiger partial charge < -0.3 is 15.5 Å². The zero-order valence-electron chi connectivity index (χ0n) is 13.5. The van der Waals surface area contributed by atoms with E-state index in [0.29, 0.717) is 5.92 Å². The second-order valence-corrected chi connectivity index (χ2v) is 5.20. The van der Waals surface area contributed by atoms with E-state index < -0.39 is 0 Å². The molecule has 1 rings (SSSR count). The lowest BCUT2D eigenvalue weighted by molar-refractivity contribution is 0.303. The van der Waals surface area contributed by atoms with Gasteiger partial charge in [-0.2, -0.15) is 0 Å². The molecule has 0 aliphatic carbocycles. The van der Waals surface area contributed by atoms with Crippen molar-refractivity contribution in [3.63, 3.8) is 0 Å². The van der Waals surface area contributed by atoms with Crippen LogP contribution in [-0.2, 0) is 0 Å². The molecule has 1 aromatic rings. The molecule has 0 bridgehead atoms. The SMILES string of the molecule is CCN(CC)CCCNc1ncnc(NC)c1C(C)C. The van der Waals surface area contributed by atoms with Gasteiger partial charge >= 0.3 is 0 Å². The average Bonchev–Trinajstić information content (AvgIpc) is 2.46. The Balaban J connectivity index is 2.59. The van der Waals surface area contributed by atoms with Gasteiger partial charge in [0.25, 0.3) is 0 Å². The monoisotopic (exact) mass is 279 g/mol. The summed E-state index contributed by atoms with van der Waals surface area (Å²) in [7, 11) is 1.90. The van der Waals surface area contributed by atoms with Crippen molar-refractivity contribution >= 4 is 11.6 Å². The Bertz CT molecular complexity index is 388. The number of nitrogens with zero attached hydrogens (tertiary/aromatic N) is 3. The van der Waals surface area contributed by atoms with Crippen LogP contribution in [0.3, 0.4) is 0 Å². The highest BCUT2D eigenvalue weighted by Crippen LogP contribution is 2.27. The third-order valence-electron chi connectivity index (χ3n) is 3.54. The van der Waals surface area contributed by atoms with E-state index in [9.17, 15) is 0 Å². The second-order valence-electron chi connectivity index (χ2n) is 5.20. The Morgan fingerprint density at radius 2 is 1.80 bits per heavy atom. The summed E-state index contributed by atoms with van der Waals surface area (Å²) in [4.78, 5) is 11.1. The largest absolute Gasteiger partial charge is 0.373 e. The molecule has 5 nitrogen and oxygen atoms in total. The molecule has 0 saturated carbocycles. The Morgan fingerprint density at radius 1 is 1.15 bits per heavy atom. The lowest BCUT2D eigenvalue weighted by Gasteiger charge is -2.19. The van der Waals surface area contributed by atoms with Crippen molar-refractivity contribution in [1.82, 2.24) is 14.9 Å². The van der Waals surface area contributed by atoms with Gasteiger partial charge in [0, 0.05) is 19.2 Å². The van der Waals surface area contributed by atoms with Gasteiger partial charge in [0.1, 0.15) is 18.0 Å². The predicted molar refractivity (Wildman–Crippen MR) is 86.6 cm³/mol. The average molecular weight is 279 g/mol. The molecule has 0 spiro atoms. The van der Waals surface area contributed by atoms with E-state index >= 15 is 0 Å². The van der Waals surface area contributed by atoms with Crippen molar-refractivity contribution in [3.05, 3.63) is 11.9 Å². The summed E-state index contributed by atoms with van der Waals surface area (Å²) in [5.74, 6) is 2.27. The first-order chi connectivity index (χ1) is 9.63. The number of nitrogens with one attached hydrogen (secondary N) is 2. The van der Waals surface area contributed by atoms with Crippen LogP contribution >= 0.6 is 0 Å². The summed E-state index contributed by atoms with van der Waals surface area (Å²) in [6.45, 7) is 13.0. The Kier molecular flexibility index (Phi) is 7.30. The molecule has 1 heterocycles. The fourth-order valence-corrected chi connectivity index (χ4v) is 2.33. The van der Waals surface area contributed by atoms with Crippen molar-refractivity contribution in [3.8, 4) is 0 Å². The molecule has 1 aromatic heterocycles. The topological polar surface area (TPSA) is 53.1 Å². The smallest absolute Gasteiger partial charge is 0.134 e. The predicted octanol–water partition coefficient (Wildman–Crippen LogP) is 2.79. The molecule has 5 heteroatoms. The number of aromatic nitrogens is 2. The van der Waals surface area contributed by atoms with Crippen LogP contribution in [0.15, 0.2) is 6.33 Å². The summed E-state index contributed by atoms with van der Waals surface area (Å²) in [5.41, 5.74) is 1.16. The molecule has 0 aliphatic heterocycles. The van der Waals surface area contributed by atoms with E-state index in [1.807, 2.05) is 7.05 Å². The Hall–Kier alpha value is -1.36. The van der Waals surface area contributed by atoms with E-state index in [4.69, 9.17) is 0 Å². The molecule has 0 fully saturated rings. The Morgan fingerprint density at radius 3 is 2.35 bits per heavy atom. The number of anilines is 2. The van der Waals surface area contributed by atoms with Crippen molar-refractivity contribution in [2.45, 2.75) is 40.0 Å². The molecule has 0 aliphatic rings. The van der Waals surface area contributed by atoms with Gasteiger partial charge in [-0.3, -0.25) is 0 Å². The highest BCUT2D eigenvalue weighted by atomic mass is 15.1. The molecule has 0 saturated heterocycles. The molecule has 0 radical (unpaired) electrons. The quantitative estimate of drug-likeness (QED) is 0.681. The van der Waals surface area contributed by atoms with Crippen LogP contribution in [0.1, 0.15) is 45.6 Å². The third kappa shape index (κ3) is 4.63. The first-order valence-corrected chi connectivity index (χ1v) is 7.62. The lowest BCUT2D eigenvalue weighted by atomic mass is 10.0. The van der Waals surface area contributed by atoms with Crippen LogP contribution in [-0.4, -0.2) is 48.1 Å². The second kappa shape index (κ2) is 8.74. The lowest BCUT2D eigenvalue weighted by Crippen LogP contribution is -2.25. The van der Waals surface area contributed by atoms with Crippen molar-refractivity contribution in [2.75, 3.05) is 43.9 Å². The third-order valence-corrected chi connectivity index (χ3v) is 3.54. The minimum Gasteiger partial charge on any atom is -0.373 e. The number of hydrogen-bond acceptors (Lipinski definition) is 5. The summed E-state index contributed by atoms with van der Waals surface area (Å²) < 4.78 is 0. The molecule has 114 valence electrons. The van der Waals surface area contributed by atoms with Gasteiger partial charge in [-0.1, -0.05) is 27.7 Å². The maximum Gasteiger partial charge on any atom is 0.134 e. The van der Waals surface area contributed by atoms with Crippen LogP contribution in [0.4, 0.5) is 11.6 Å². The van der Waals surface area contributed by atoms with E-state index in [1.165, 1.54) is 0 Å². The van der Waals surface area contributed by atoms with E-state index in [-0.39, 0.29) is 0 Å². The molecule has 0 aromatic carbocycles. The number of hydrogen-bond donors (Lipinski definition) is 2. The molecular weight excluding hydrogens is 250 g/mol. The zero-order valence-corrected chi connectivity index (χ0v) is 13.5. The molecule has 2 N–H and O–H groups in total. The fourth-order valence-electron chi connectivity index (χ4n) is 2.33. The van der Waals surface area contributed by atoms with Gasteiger partial charge in [-0.15, -0.1) is 0 Å². The molecular formula is C15H29N5. The standard InChI is InChI=1S/C15H29N5/c1-6-20(7-2)10-8-9-17-15-13(12(3)4)14(16-5)18-11-19-15/h11-12H,6-10H2,1-5H3,(H2,16,17,18,19). The van der Waals surface area contributed by atoms with Crippen LogP contribution in [0, 0.1) is 0 Å². The van der Waals surface area contributed by atoms with Gasteiger partial charge in [0.2, 0.25) is 0 Å². The first-order valence-electron chi connectivity index (χ1n) is 7.62. The van der Waals surface area contributed by atoms with Crippen LogP contribution in [0.25, 0.3) is 0 Å². The Labute approximate surface area is 123 Å². The maximum absolute atomic E-state index is 4.39. The summed E-state index contributed by atoms with van der Waals surface area (Å²) >= 11 is 0. The van der Waals surface area contributed by atoms with Crippen LogP contribution in [0.5, 0.6) is 0 Å². The van der Waals surface area contributed by atoms with Gasteiger partial charge in [-0.05, 0) is 32.0 Å². The number of rotatable bonds is 9. The minimum atomic E-state index is 0.393. The van der Waals surface area contributed by atoms with Crippen molar-refractivity contribution < 1.29 is 0 Å². The van der Waals surface area contributed by atoms with E-state index in [1.54, 1.807) is 6.33 Å². The maximum atomic E-state index is 4.39. The summed E-state index contributed by atoms with van der Waals surface area (Å²) in [6.07, 6.45) is 2.74. The fraction of sp³-hybridized carbons (Fsp3) is 0.733. The van der Waals surface area contributed by atoms with E-state index in [0.717, 1.165) is 49.8 Å². The van der Waals surface area contributed by atoms with Crippen molar-refractivity contribution in [2.24, 2.45) is 0 Å². The first kappa shape index (κ1) is 16.7. The zero-order chi connectivity index (χ0) is 15.0. The highest BCUT2D eigenvalue weighted by Gasteiger charge is 2.13. The minimum absolute atomic E-state index is 0.393. The summed E-state index contributed by atoms with van der Waals surface area (Å²) in [5, 5.41) is 6.60. The van der Waals surface area contributed by atoms with Crippen LogP contribution < -0.4 is 10.6 Å². The molecule has 20 heavy (non-hydrogen) atoms. The molecule has 0 unspecified atom stereocenters. The van der Waals surface area contributed by atoms with Gasteiger partial charge in [0.15, 0.2) is 0 Å². The van der Waals surface area contributed by atoms with Gasteiger partial charge in [-0.25, -0.2) is 9.97 Å². The molecule has 0 atom stereocenters. The van der Waals surface area contributed by atoms with Crippen molar-refractivity contribution in [1.29, 1.82) is 0 Å². The van der Waals surface area contributed by atoms with Crippen LogP contribution in [0.2, 0.25) is 0 Å². The molecule has 0 amide bonds. The van der Waals surface area contributed by atoms with Gasteiger partial charge in [0.05, 0.1) is 0 Å². The van der Waals surface area contributed by atoms with E-state index in [2.05, 4.69) is 53.2 Å². The summed E-state index contributed by atoms with van der Waals surface area (Å²) in [6, 6.07) is 0. The highest BCUT2D eigenvalue weighted by molar-refractivity contribution is 5.58. The normalized spacial score (nSPS) is 11.2.